The molecule has 1 aliphatic heterocycles. The van der Waals surface area contributed by atoms with Gasteiger partial charge in [-0.2, -0.15) is 0 Å². The quantitative estimate of drug-likeness (QED) is 0.767. The molecule has 4 rings (SSSR count). The zero-order valence-corrected chi connectivity index (χ0v) is 12.5. The first-order valence-electron chi connectivity index (χ1n) is 7.48. The Morgan fingerprint density at radius 3 is 2.50 bits per heavy atom. The average Bonchev–Trinajstić information content (AvgIpc) is 2.60. The van der Waals surface area contributed by atoms with Crippen molar-refractivity contribution >= 4 is 17.5 Å². The van der Waals surface area contributed by atoms with Crippen LogP contribution in [-0.4, -0.2) is 7.11 Å². The molecule has 1 heterocycles. The molecule has 0 amide bonds. The highest BCUT2D eigenvalue weighted by Gasteiger charge is 2.26. The van der Waals surface area contributed by atoms with Gasteiger partial charge in [0.25, 0.3) is 0 Å². The summed E-state index contributed by atoms with van der Waals surface area (Å²) >= 11 is 0. The zero-order valence-electron chi connectivity index (χ0n) is 12.5. The van der Waals surface area contributed by atoms with Crippen molar-refractivity contribution in [2.75, 3.05) is 12.0 Å². The van der Waals surface area contributed by atoms with Crippen molar-refractivity contribution in [1.82, 2.24) is 0 Å². The van der Waals surface area contributed by atoms with E-state index in [4.69, 9.17) is 4.74 Å². The van der Waals surface area contributed by atoms with Crippen LogP contribution < -0.4 is 4.90 Å². The molecule has 0 fully saturated rings. The number of hydrogen-bond donors (Lipinski definition) is 0. The summed E-state index contributed by atoms with van der Waals surface area (Å²) in [4.78, 5) is 2.32. The van der Waals surface area contributed by atoms with Crippen LogP contribution in [0.1, 0.15) is 12.0 Å². The van der Waals surface area contributed by atoms with E-state index in [9.17, 15) is 0 Å². The summed E-state index contributed by atoms with van der Waals surface area (Å²) in [5, 5.41) is 0. The number of ether oxygens (including phenoxy) is 1. The van der Waals surface area contributed by atoms with Gasteiger partial charge in [-0.1, -0.05) is 36.4 Å². The van der Waals surface area contributed by atoms with Gasteiger partial charge in [-0.15, -0.1) is 0 Å². The Balaban J connectivity index is 1.93. The highest BCUT2D eigenvalue weighted by Crippen LogP contribution is 2.43. The number of para-hydroxylation sites is 2. The van der Waals surface area contributed by atoms with Gasteiger partial charge in [-0.05, 0) is 47.9 Å². The molecule has 0 unspecified atom stereocenters. The number of hydrogen-bond acceptors (Lipinski definition) is 2. The predicted molar refractivity (Wildman–Crippen MR) is 90.8 cm³/mol. The molecule has 2 nitrogen and oxygen atoms in total. The van der Waals surface area contributed by atoms with Gasteiger partial charge in [0.2, 0.25) is 0 Å². The summed E-state index contributed by atoms with van der Waals surface area (Å²) in [6.07, 6.45) is 7.43. The number of allylic oxidation sites excluding steroid dienone is 3. The van der Waals surface area contributed by atoms with E-state index in [2.05, 4.69) is 71.7 Å². The molecule has 2 aromatic rings. The smallest absolute Gasteiger partial charge is 0.117 e. The van der Waals surface area contributed by atoms with Crippen molar-refractivity contribution in [1.29, 1.82) is 0 Å². The van der Waals surface area contributed by atoms with Gasteiger partial charge < -0.3 is 9.64 Å². The number of rotatable bonds is 2. The minimum absolute atomic E-state index is 0.896. The summed E-state index contributed by atoms with van der Waals surface area (Å²) in [5.41, 5.74) is 6.16. The molecule has 0 spiro atoms. The van der Waals surface area contributed by atoms with Crippen LogP contribution in [-0.2, 0) is 4.74 Å². The first-order chi connectivity index (χ1) is 10.9. The standard InChI is InChI=1S/C20H17NO/c1-22-18-12-11-16-13-15-7-5-6-10-19(15)21(20(16)14-18)17-8-3-2-4-9-17/h2-10,12-14H,11H2,1H3. The third-order valence-corrected chi connectivity index (χ3v) is 4.13. The molecule has 0 bridgehead atoms. The summed E-state index contributed by atoms with van der Waals surface area (Å²) in [7, 11) is 1.72. The second-order valence-corrected chi connectivity index (χ2v) is 5.44. The lowest BCUT2D eigenvalue weighted by atomic mass is 9.93. The van der Waals surface area contributed by atoms with Gasteiger partial charge >= 0.3 is 0 Å². The summed E-state index contributed by atoms with van der Waals surface area (Å²) in [6, 6.07) is 19.0. The zero-order chi connectivity index (χ0) is 14.9. The van der Waals surface area contributed by atoms with E-state index in [1.54, 1.807) is 7.11 Å². The third kappa shape index (κ3) is 2.04. The van der Waals surface area contributed by atoms with Crippen molar-refractivity contribution < 1.29 is 4.74 Å². The van der Waals surface area contributed by atoms with Crippen LogP contribution in [0.3, 0.4) is 0 Å². The van der Waals surface area contributed by atoms with E-state index in [1.165, 1.54) is 28.2 Å². The van der Waals surface area contributed by atoms with Crippen LogP contribution in [0.2, 0.25) is 0 Å². The largest absolute Gasteiger partial charge is 0.497 e. The minimum Gasteiger partial charge on any atom is -0.497 e. The van der Waals surface area contributed by atoms with Crippen LogP contribution >= 0.6 is 0 Å². The number of nitrogens with zero attached hydrogens (tertiary/aromatic N) is 1. The molecule has 0 radical (unpaired) electrons. The average molecular weight is 287 g/mol. The Morgan fingerprint density at radius 2 is 1.68 bits per heavy atom. The number of anilines is 2. The van der Waals surface area contributed by atoms with Crippen molar-refractivity contribution in [3.05, 3.63) is 89.3 Å². The maximum atomic E-state index is 5.44. The maximum absolute atomic E-state index is 5.44. The van der Waals surface area contributed by atoms with Gasteiger partial charge in [-0.25, -0.2) is 0 Å². The van der Waals surface area contributed by atoms with E-state index < -0.39 is 0 Å². The van der Waals surface area contributed by atoms with E-state index >= 15 is 0 Å². The summed E-state index contributed by atoms with van der Waals surface area (Å²) in [5.74, 6) is 0.924. The highest BCUT2D eigenvalue weighted by molar-refractivity contribution is 5.86. The van der Waals surface area contributed by atoms with Crippen LogP contribution in [0.15, 0.2) is 83.8 Å². The van der Waals surface area contributed by atoms with E-state index in [-0.39, 0.29) is 0 Å². The van der Waals surface area contributed by atoms with Gasteiger partial charge in [-0.3, -0.25) is 0 Å². The number of benzene rings is 2. The Morgan fingerprint density at radius 1 is 0.909 bits per heavy atom. The van der Waals surface area contributed by atoms with Crippen LogP contribution in [0.25, 0.3) is 6.08 Å². The molecule has 108 valence electrons. The minimum atomic E-state index is 0.896. The van der Waals surface area contributed by atoms with Gasteiger partial charge in [0, 0.05) is 11.8 Å². The fourth-order valence-corrected chi connectivity index (χ4v) is 3.07. The first-order valence-corrected chi connectivity index (χ1v) is 7.48. The van der Waals surface area contributed by atoms with Gasteiger partial charge in [0.05, 0.1) is 18.5 Å². The Bertz CT molecular complexity index is 799. The van der Waals surface area contributed by atoms with E-state index in [1.807, 2.05) is 6.07 Å². The van der Waals surface area contributed by atoms with Crippen LogP contribution in [0.5, 0.6) is 0 Å². The highest BCUT2D eigenvalue weighted by atomic mass is 16.5. The molecule has 0 atom stereocenters. The molecule has 0 saturated heterocycles. The molecule has 0 N–H and O–H groups in total. The van der Waals surface area contributed by atoms with Crippen molar-refractivity contribution in [2.24, 2.45) is 0 Å². The maximum Gasteiger partial charge on any atom is 0.117 e. The monoisotopic (exact) mass is 287 g/mol. The van der Waals surface area contributed by atoms with Crippen molar-refractivity contribution in [2.45, 2.75) is 6.42 Å². The van der Waals surface area contributed by atoms with Crippen molar-refractivity contribution in [3.63, 3.8) is 0 Å². The fraction of sp³-hybridized carbons (Fsp3) is 0.100. The summed E-state index contributed by atoms with van der Waals surface area (Å²) in [6.45, 7) is 0. The second-order valence-electron chi connectivity index (χ2n) is 5.44. The Labute approximate surface area is 130 Å². The third-order valence-electron chi connectivity index (χ3n) is 4.13. The lowest BCUT2D eigenvalue weighted by Gasteiger charge is -2.35. The van der Waals surface area contributed by atoms with E-state index in [0.29, 0.717) is 0 Å². The molecule has 0 aromatic heterocycles. The molecule has 0 saturated carbocycles. The lowest BCUT2D eigenvalue weighted by Crippen LogP contribution is -2.23. The molecule has 1 aliphatic carbocycles. The molecular formula is C20H17NO. The molecular weight excluding hydrogens is 270 g/mol. The Hall–Kier alpha value is -2.74. The number of fused-ring (bicyclic) bond motifs is 2. The van der Waals surface area contributed by atoms with E-state index in [0.717, 1.165) is 12.2 Å². The van der Waals surface area contributed by atoms with Gasteiger partial charge in [0.15, 0.2) is 0 Å². The molecule has 2 heteroatoms. The molecule has 22 heavy (non-hydrogen) atoms. The SMILES string of the molecule is COC1=CCC2=Cc3ccccc3N(c3ccccc3)C2=C1. The topological polar surface area (TPSA) is 12.5 Å². The normalized spacial score (nSPS) is 16.0. The Kier molecular flexibility index (Phi) is 3.08. The van der Waals surface area contributed by atoms with Crippen LogP contribution in [0, 0.1) is 0 Å². The number of methoxy groups -OCH3 is 1. The second kappa shape index (κ2) is 5.23. The summed E-state index contributed by atoms with van der Waals surface area (Å²) < 4.78 is 5.44. The predicted octanol–water partition coefficient (Wildman–Crippen LogP) is 5.04. The van der Waals surface area contributed by atoms with Crippen LogP contribution in [0.4, 0.5) is 11.4 Å². The molecule has 2 aromatic carbocycles. The lowest BCUT2D eigenvalue weighted by molar-refractivity contribution is 0.304. The van der Waals surface area contributed by atoms with Gasteiger partial charge in [0.1, 0.15) is 5.76 Å². The first kappa shape index (κ1) is 13.0. The van der Waals surface area contributed by atoms with Crippen molar-refractivity contribution in [3.8, 4) is 0 Å². The fourth-order valence-electron chi connectivity index (χ4n) is 3.07. The molecule has 2 aliphatic rings.